The van der Waals surface area contributed by atoms with E-state index in [0.717, 1.165) is 98.6 Å². The number of halogens is 6. The first-order valence-electron chi connectivity index (χ1n) is 18.8. The molecule has 4 aromatic carbocycles. The molecule has 0 amide bonds. The lowest BCUT2D eigenvalue weighted by Crippen LogP contribution is -2.14. The smallest absolute Gasteiger partial charge is 0.194 e. The first kappa shape index (κ1) is 37.0. The van der Waals surface area contributed by atoms with E-state index in [1.807, 2.05) is 36.4 Å². The minimum Gasteiger partial charge on any atom is -0.457 e. The summed E-state index contributed by atoms with van der Waals surface area (Å²) in [4.78, 5) is 0. The minimum atomic E-state index is -1.51. The fourth-order valence-corrected chi connectivity index (χ4v) is 8.55. The summed E-state index contributed by atoms with van der Waals surface area (Å²) < 4.78 is 91.7. The third-order valence-corrected chi connectivity index (χ3v) is 11.3. The lowest BCUT2D eigenvalue weighted by Gasteiger charge is -2.29. The van der Waals surface area contributed by atoms with Crippen molar-refractivity contribution >= 4 is 0 Å². The minimum absolute atomic E-state index is 0.102. The third kappa shape index (κ3) is 9.02. The van der Waals surface area contributed by atoms with Gasteiger partial charge in [-0.05, 0) is 145 Å². The summed E-state index contributed by atoms with van der Waals surface area (Å²) in [6.45, 7) is 4.43. The van der Waals surface area contributed by atoms with Gasteiger partial charge in [-0.2, -0.15) is 0 Å². The van der Waals surface area contributed by atoms with Crippen molar-refractivity contribution in [1.29, 1.82) is 0 Å². The van der Waals surface area contributed by atoms with Crippen LogP contribution in [-0.2, 0) is 12.8 Å². The highest BCUT2D eigenvalue weighted by molar-refractivity contribution is 5.48. The van der Waals surface area contributed by atoms with Crippen molar-refractivity contribution in [3.05, 3.63) is 129 Å². The zero-order valence-electron chi connectivity index (χ0n) is 29.7. The fraction of sp³-hybridized carbons (Fsp3) is 0.455. The van der Waals surface area contributed by atoms with Crippen LogP contribution in [0.2, 0.25) is 0 Å². The molecule has 0 spiro atoms. The number of benzene rings is 4. The monoisotopic (exact) mass is 706 g/mol. The van der Waals surface area contributed by atoms with Gasteiger partial charge in [0.1, 0.15) is 11.5 Å². The summed E-state index contributed by atoms with van der Waals surface area (Å²) in [6.07, 6.45) is 13.8. The van der Waals surface area contributed by atoms with E-state index in [1.165, 1.54) is 25.7 Å². The average molecular weight is 707 g/mol. The van der Waals surface area contributed by atoms with Gasteiger partial charge < -0.3 is 4.74 Å². The average Bonchev–Trinajstić information content (AvgIpc) is 3.12. The summed E-state index contributed by atoms with van der Waals surface area (Å²) >= 11 is 0. The topological polar surface area (TPSA) is 9.23 Å². The van der Waals surface area contributed by atoms with Gasteiger partial charge in [-0.3, -0.25) is 0 Å². The number of rotatable bonds is 12. The molecule has 4 aromatic rings. The van der Waals surface area contributed by atoms with E-state index in [9.17, 15) is 26.3 Å². The first-order chi connectivity index (χ1) is 24.6. The lowest BCUT2D eigenvalue weighted by molar-refractivity contribution is 0.308. The molecule has 0 unspecified atom stereocenters. The molecule has 272 valence electrons. The number of hydrogen-bond donors (Lipinski definition) is 0. The molecule has 2 saturated carbocycles. The predicted octanol–water partition coefficient (Wildman–Crippen LogP) is 13.6. The van der Waals surface area contributed by atoms with Gasteiger partial charge in [0.2, 0.25) is 0 Å². The molecule has 0 N–H and O–H groups in total. The van der Waals surface area contributed by atoms with Gasteiger partial charge in [0.25, 0.3) is 0 Å². The maximum Gasteiger partial charge on any atom is 0.194 e. The lowest BCUT2D eigenvalue weighted by atomic mass is 9.77. The van der Waals surface area contributed by atoms with Crippen LogP contribution in [0, 0.1) is 46.7 Å². The molecule has 7 heteroatoms. The zero-order chi connectivity index (χ0) is 36.1. The van der Waals surface area contributed by atoms with Crippen LogP contribution in [0.25, 0.3) is 0 Å². The Hall–Kier alpha value is -3.74. The SMILES string of the molecule is CCCC1CCC(c2ccc(Oc3ccc(C4CCC(CCC)CC4)cc3Cc3cc(F)c(F)c(F)c3)c(Cc3cc(F)c(F)c(F)c3)c2)CC1. The molecule has 0 aromatic heterocycles. The second-order valence-electron chi connectivity index (χ2n) is 14.9. The van der Waals surface area contributed by atoms with E-state index in [2.05, 4.69) is 13.8 Å². The van der Waals surface area contributed by atoms with Crippen LogP contribution in [-0.4, -0.2) is 0 Å². The Morgan fingerprint density at radius 3 is 1.18 bits per heavy atom. The number of ether oxygens (including phenoxy) is 1. The molecule has 51 heavy (non-hydrogen) atoms. The van der Waals surface area contributed by atoms with Gasteiger partial charge in [0.05, 0.1) is 0 Å². The quantitative estimate of drug-likeness (QED) is 0.105. The van der Waals surface area contributed by atoms with Gasteiger partial charge in [-0.1, -0.05) is 63.8 Å². The highest BCUT2D eigenvalue weighted by Crippen LogP contribution is 2.42. The normalized spacial score (nSPS) is 20.8. The van der Waals surface area contributed by atoms with E-state index in [4.69, 9.17) is 4.74 Å². The highest BCUT2D eigenvalue weighted by atomic mass is 19.2. The molecular formula is C44H48F6O. The molecule has 0 heterocycles. The maximum atomic E-state index is 14.3. The molecule has 0 radical (unpaired) electrons. The van der Waals surface area contributed by atoms with Crippen molar-refractivity contribution in [2.24, 2.45) is 11.8 Å². The van der Waals surface area contributed by atoms with Crippen molar-refractivity contribution in [3.63, 3.8) is 0 Å². The Kier molecular flexibility index (Phi) is 12.1. The van der Waals surface area contributed by atoms with Crippen LogP contribution in [0.1, 0.15) is 136 Å². The second kappa shape index (κ2) is 16.7. The van der Waals surface area contributed by atoms with Crippen LogP contribution >= 0.6 is 0 Å². The summed E-state index contributed by atoms with van der Waals surface area (Å²) in [5.41, 5.74) is 4.18. The van der Waals surface area contributed by atoms with Crippen molar-refractivity contribution in [3.8, 4) is 11.5 Å². The molecule has 2 aliphatic rings. The Labute approximate surface area is 298 Å². The van der Waals surface area contributed by atoms with E-state index in [1.54, 1.807) is 0 Å². The van der Waals surface area contributed by atoms with Crippen molar-refractivity contribution in [2.45, 2.75) is 116 Å². The largest absolute Gasteiger partial charge is 0.457 e. The van der Waals surface area contributed by atoms with Gasteiger partial charge in [-0.15, -0.1) is 0 Å². The van der Waals surface area contributed by atoms with Gasteiger partial charge >= 0.3 is 0 Å². The summed E-state index contributed by atoms with van der Waals surface area (Å²) in [5.74, 6) is -4.94. The molecule has 2 aliphatic carbocycles. The predicted molar refractivity (Wildman–Crippen MR) is 190 cm³/mol. The van der Waals surface area contributed by atoms with Crippen LogP contribution in [0.4, 0.5) is 26.3 Å². The summed E-state index contributed by atoms with van der Waals surface area (Å²) in [5, 5.41) is 0. The van der Waals surface area contributed by atoms with Crippen molar-refractivity contribution in [2.75, 3.05) is 0 Å². The molecule has 6 rings (SSSR count). The maximum absolute atomic E-state index is 14.3. The molecule has 1 nitrogen and oxygen atoms in total. The molecule has 2 fully saturated rings. The van der Waals surface area contributed by atoms with Crippen LogP contribution < -0.4 is 4.74 Å². The van der Waals surface area contributed by atoms with Gasteiger partial charge in [0, 0.05) is 12.8 Å². The molecular weight excluding hydrogens is 658 g/mol. The fourth-order valence-electron chi connectivity index (χ4n) is 8.55. The first-order valence-corrected chi connectivity index (χ1v) is 18.8. The van der Waals surface area contributed by atoms with Crippen LogP contribution in [0.5, 0.6) is 11.5 Å². The van der Waals surface area contributed by atoms with E-state index >= 15 is 0 Å². The Morgan fingerprint density at radius 2 is 0.843 bits per heavy atom. The van der Waals surface area contributed by atoms with Gasteiger partial charge in [0.15, 0.2) is 34.9 Å². The molecule has 0 atom stereocenters. The van der Waals surface area contributed by atoms with Gasteiger partial charge in [-0.25, -0.2) is 26.3 Å². The van der Waals surface area contributed by atoms with E-state index in [-0.39, 0.29) is 24.0 Å². The van der Waals surface area contributed by atoms with E-state index in [0.29, 0.717) is 34.5 Å². The third-order valence-electron chi connectivity index (χ3n) is 11.3. The van der Waals surface area contributed by atoms with E-state index < -0.39 is 34.9 Å². The van der Waals surface area contributed by atoms with Crippen molar-refractivity contribution in [1.82, 2.24) is 0 Å². The summed E-state index contributed by atoms with van der Waals surface area (Å²) in [6, 6.07) is 16.0. The Bertz CT molecular complexity index is 1620. The standard InChI is InChI=1S/C44H48F6O/c1-3-5-27-7-11-31(12-8-27)33-15-17-41(35(25-33)19-29-21-37(45)43(49)38(46)22-29)51-42-18-16-34(32-13-9-28(6-4-2)10-14-32)26-36(42)20-30-23-39(47)44(50)40(48)24-30/h15-18,21-28,31-32H,3-14,19-20H2,1-2H3. The van der Waals surface area contributed by atoms with Crippen LogP contribution in [0.3, 0.4) is 0 Å². The number of hydrogen-bond acceptors (Lipinski definition) is 1. The molecule has 0 bridgehead atoms. The highest BCUT2D eigenvalue weighted by Gasteiger charge is 2.25. The Balaban J connectivity index is 1.35. The summed E-state index contributed by atoms with van der Waals surface area (Å²) in [7, 11) is 0. The second-order valence-corrected chi connectivity index (χ2v) is 14.9. The Morgan fingerprint density at radius 1 is 0.490 bits per heavy atom. The van der Waals surface area contributed by atoms with Crippen molar-refractivity contribution < 1.29 is 31.1 Å². The zero-order valence-corrected chi connectivity index (χ0v) is 29.7. The molecule has 0 saturated heterocycles. The van der Waals surface area contributed by atoms with Crippen LogP contribution in [0.15, 0.2) is 60.7 Å². The molecule has 0 aliphatic heterocycles.